The topological polar surface area (TPSA) is 119 Å². The van der Waals surface area contributed by atoms with Gasteiger partial charge in [-0.1, -0.05) is 30.7 Å². The Morgan fingerprint density at radius 3 is 2.77 bits per heavy atom. The average molecular weight is 439 g/mol. The molecule has 0 atom stereocenters. The molecular formula is C22H23ClN6O2. The van der Waals surface area contributed by atoms with Gasteiger partial charge >= 0.3 is 0 Å². The lowest BCUT2D eigenvalue weighted by Gasteiger charge is -2.12. The summed E-state index contributed by atoms with van der Waals surface area (Å²) in [4.78, 5) is 34.5. The fraction of sp³-hybridized carbons (Fsp3) is 0.273. The second kappa shape index (κ2) is 8.39. The van der Waals surface area contributed by atoms with E-state index in [0.29, 0.717) is 38.9 Å². The molecule has 0 unspecified atom stereocenters. The van der Waals surface area contributed by atoms with Crippen molar-refractivity contribution < 1.29 is 4.79 Å². The molecule has 0 radical (unpaired) electrons. The van der Waals surface area contributed by atoms with Gasteiger partial charge in [-0.2, -0.15) is 0 Å². The van der Waals surface area contributed by atoms with Crippen LogP contribution in [0.3, 0.4) is 0 Å². The van der Waals surface area contributed by atoms with Gasteiger partial charge in [0, 0.05) is 25.0 Å². The number of hydrogen-bond donors (Lipinski definition) is 3. The lowest BCUT2D eigenvalue weighted by atomic mass is 10.1. The quantitative estimate of drug-likeness (QED) is 0.452. The number of hydrogen-bond acceptors (Lipinski definition) is 5. The van der Waals surface area contributed by atoms with Crippen molar-refractivity contribution in [2.45, 2.75) is 32.2 Å². The van der Waals surface area contributed by atoms with E-state index in [1.807, 2.05) is 16.7 Å². The van der Waals surface area contributed by atoms with Gasteiger partial charge in [-0.25, -0.2) is 9.97 Å². The Balaban J connectivity index is 0.000000152. The van der Waals surface area contributed by atoms with Crippen molar-refractivity contribution in [2.75, 3.05) is 12.8 Å². The molecule has 0 saturated heterocycles. The van der Waals surface area contributed by atoms with Gasteiger partial charge in [-0.05, 0) is 36.8 Å². The van der Waals surface area contributed by atoms with Crippen LogP contribution in [0.1, 0.15) is 41.9 Å². The number of rotatable bonds is 3. The Morgan fingerprint density at radius 2 is 2.10 bits per heavy atom. The minimum Gasteiger partial charge on any atom is -0.383 e. The third kappa shape index (κ3) is 3.86. The van der Waals surface area contributed by atoms with Crippen LogP contribution in [0.15, 0.2) is 41.6 Å². The Hall–Kier alpha value is -3.39. The molecule has 9 heteroatoms. The molecule has 1 fully saturated rings. The molecule has 31 heavy (non-hydrogen) atoms. The van der Waals surface area contributed by atoms with Gasteiger partial charge in [-0.15, -0.1) is 0 Å². The Kier molecular flexibility index (Phi) is 5.65. The Labute approximate surface area is 183 Å². The summed E-state index contributed by atoms with van der Waals surface area (Å²) in [6, 6.07) is 8.14. The fourth-order valence-corrected chi connectivity index (χ4v) is 3.96. The van der Waals surface area contributed by atoms with E-state index in [1.54, 1.807) is 19.3 Å². The highest BCUT2D eigenvalue weighted by Gasteiger charge is 2.27. The van der Waals surface area contributed by atoms with Crippen LogP contribution in [0.2, 0.25) is 5.02 Å². The van der Waals surface area contributed by atoms with E-state index in [9.17, 15) is 9.59 Å². The highest BCUT2D eigenvalue weighted by atomic mass is 35.5. The van der Waals surface area contributed by atoms with E-state index in [0.717, 1.165) is 30.3 Å². The van der Waals surface area contributed by atoms with Crippen LogP contribution in [0.4, 0.5) is 5.82 Å². The first kappa shape index (κ1) is 20.9. The number of nitrogen functional groups attached to an aromatic ring is 1. The van der Waals surface area contributed by atoms with Crippen LogP contribution in [-0.4, -0.2) is 32.5 Å². The molecule has 0 aliphatic heterocycles. The SMILES string of the molecule is CCc1cc2cccc(Cl)c2c(=O)n1C1CC1.CNC(=O)c1c[nH]c2ncnc(N)c12. The van der Waals surface area contributed by atoms with Crippen molar-refractivity contribution in [1.29, 1.82) is 0 Å². The monoisotopic (exact) mass is 438 g/mol. The lowest BCUT2D eigenvalue weighted by Crippen LogP contribution is -2.22. The Bertz CT molecular complexity index is 1340. The molecule has 5 rings (SSSR count). The number of fused-ring (bicyclic) bond motifs is 2. The van der Waals surface area contributed by atoms with Crippen LogP contribution >= 0.6 is 11.6 Å². The number of H-pyrrole nitrogens is 1. The first-order chi connectivity index (χ1) is 15.0. The van der Waals surface area contributed by atoms with Gasteiger partial charge in [0.25, 0.3) is 11.5 Å². The van der Waals surface area contributed by atoms with E-state index in [2.05, 4.69) is 33.3 Å². The van der Waals surface area contributed by atoms with Crippen LogP contribution in [0.5, 0.6) is 0 Å². The largest absolute Gasteiger partial charge is 0.383 e. The molecule has 1 aliphatic rings. The van der Waals surface area contributed by atoms with Crippen molar-refractivity contribution in [3.05, 3.63) is 63.4 Å². The van der Waals surface area contributed by atoms with E-state index in [4.69, 9.17) is 17.3 Å². The maximum Gasteiger partial charge on any atom is 0.260 e. The van der Waals surface area contributed by atoms with Crippen molar-refractivity contribution in [1.82, 2.24) is 24.8 Å². The maximum atomic E-state index is 12.5. The lowest BCUT2D eigenvalue weighted by molar-refractivity contribution is 0.0964. The number of nitrogens with zero attached hydrogens (tertiary/aromatic N) is 3. The number of halogens is 1. The minimum absolute atomic E-state index is 0.0763. The number of nitrogens with two attached hydrogens (primary N) is 1. The number of nitrogens with one attached hydrogen (secondary N) is 2. The molecule has 1 aromatic carbocycles. The van der Waals surface area contributed by atoms with Crippen LogP contribution in [0, 0.1) is 0 Å². The second-order valence-corrected chi connectivity index (χ2v) is 7.77. The summed E-state index contributed by atoms with van der Waals surface area (Å²) < 4.78 is 1.94. The molecule has 4 N–H and O–H groups in total. The summed E-state index contributed by atoms with van der Waals surface area (Å²) in [5, 5.41) is 5.26. The van der Waals surface area contributed by atoms with Crippen molar-refractivity contribution in [3.8, 4) is 0 Å². The number of aryl methyl sites for hydroxylation is 1. The van der Waals surface area contributed by atoms with Gasteiger partial charge in [0.15, 0.2) is 0 Å². The Morgan fingerprint density at radius 1 is 1.32 bits per heavy atom. The second-order valence-electron chi connectivity index (χ2n) is 7.36. The van der Waals surface area contributed by atoms with Crippen molar-refractivity contribution in [3.63, 3.8) is 0 Å². The van der Waals surface area contributed by atoms with Gasteiger partial charge in [0.1, 0.15) is 17.8 Å². The molecule has 4 aromatic rings. The van der Waals surface area contributed by atoms with Crippen LogP contribution in [0.25, 0.3) is 21.8 Å². The normalized spacial score (nSPS) is 13.1. The molecule has 0 spiro atoms. The standard InChI is InChI=1S/C14H14ClNO.C8H9N5O/c1-2-10-8-9-4-3-5-12(15)13(9)14(17)16(10)11-6-7-11;1-10-8(14)4-2-11-7-5(4)6(9)12-3-13-7/h3-5,8,11H,2,6-7H2,1H3;2-3H,1H3,(H,10,14)(H3,9,11,12,13). The fourth-order valence-electron chi connectivity index (χ4n) is 3.69. The summed E-state index contributed by atoms with van der Waals surface area (Å²) in [7, 11) is 1.56. The molecule has 0 bridgehead atoms. The number of benzene rings is 1. The van der Waals surface area contributed by atoms with E-state index in [-0.39, 0.29) is 11.5 Å². The predicted octanol–water partition coefficient (Wildman–Crippen LogP) is 3.45. The average Bonchev–Trinajstić information content (AvgIpc) is 3.50. The van der Waals surface area contributed by atoms with Gasteiger partial charge in [0.05, 0.1) is 21.4 Å². The first-order valence-electron chi connectivity index (χ1n) is 10.1. The third-order valence-corrected chi connectivity index (χ3v) is 5.67. The molecule has 1 amide bonds. The van der Waals surface area contributed by atoms with E-state index in [1.165, 1.54) is 6.33 Å². The molecule has 1 saturated carbocycles. The molecule has 1 aliphatic carbocycles. The summed E-state index contributed by atoms with van der Waals surface area (Å²) in [5.41, 5.74) is 7.86. The molecule has 8 nitrogen and oxygen atoms in total. The van der Waals surface area contributed by atoms with E-state index < -0.39 is 0 Å². The summed E-state index contributed by atoms with van der Waals surface area (Å²) in [6.07, 6.45) is 6.02. The highest BCUT2D eigenvalue weighted by molar-refractivity contribution is 6.35. The molecule has 160 valence electrons. The first-order valence-corrected chi connectivity index (χ1v) is 10.5. The smallest absolute Gasteiger partial charge is 0.260 e. The van der Waals surface area contributed by atoms with Gasteiger partial charge < -0.3 is 20.6 Å². The predicted molar refractivity (Wildman–Crippen MR) is 123 cm³/mol. The number of carbonyl (C=O) groups excluding carboxylic acids is 1. The van der Waals surface area contributed by atoms with Crippen molar-refractivity contribution >= 4 is 45.1 Å². The highest BCUT2D eigenvalue weighted by Crippen LogP contribution is 2.35. The minimum atomic E-state index is -0.210. The van der Waals surface area contributed by atoms with Crippen molar-refractivity contribution in [2.24, 2.45) is 0 Å². The van der Waals surface area contributed by atoms with Crippen LogP contribution in [-0.2, 0) is 6.42 Å². The summed E-state index contributed by atoms with van der Waals surface area (Å²) in [5.74, 6) is 0.0904. The zero-order chi connectivity index (χ0) is 22.1. The number of carbonyl (C=O) groups is 1. The molecule has 3 heterocycles. The number of pyridine rings is 1. The zero-order valence-corrected chi connectivity index (χ0v) is 18.0. The van der Waals surface area contributed by atoms with Gasteiger partial charge in [-0.3, -0.25) is 9.59 Å². The number of aromatic nitrogens is 4. The summed E-state index contributed by atoms with van der Waals surface area (Å²) in [6.45, 7) is 2.09. The molecule has 3 aromatic heterocycles. The number of anilines is 1. The zero-order valence-electron chi connectivity index (χ0n) is 17.3. The van der Waals surface area contributed by atoms with E-state index >= 15 is 0 Å². The maximum absolute atomic E-state index is 12.5. The summed E-state index contributed by atoms with van der Waals surface area (Å²) >= 11 is 6.14. The van der Waals surface area contributed by atoms with Gasteiger partial charge in [0.2, 0.25) is 0 Å². The number of amides is 1. The third-order valence-electron chi connectivity index (χ3n) is 5.36. The number of aromatic amines is 1. The molecular weight excluding hydrogens is 416 g/mol. The van der Waals surface area contributed by atoms with Crippen LogP contribution < -0.4 is 16.6 Å².